The fourth-order valence-corrected chi connectivity index (χ4v) is 6.26. The van der Waals surface area contributed by atoms with Gasteiger partial charge in [-0.3, -0.25) is 9.59 Å². The Balaban J connectivity index is 1.56. The van der Waals surface area contributed by atoms with E-state index in [4.69, 9.17) is 0 Å². The largest absolute Gasteiger partial charge is 0.351 e. The standard InChI is InChI=1S/C21H27N3O2S/c1-21(20(26)22-15-6-2-3-7-15)13-23-17(12-14-10-11-27-19(14)23)18(25)24(21)16-8-4-5-9-16/h10-12,15-16H,2-9,13H2,1H3,(H,22,26). The molecule has 2 saturated carbocycles. The highest BCUT2D eigenvalue weighted by molar-refractivity contribution is 7.16. The first-order valence-corrected chi connectivity index (χ1v) is 11.2. The molecule has 2 aliphatic carbocycles. The maximum Gasteiger partial charge on any atom is 0.271 e. The number of hydrogen-bond donors (Lipinski definition) is 1. The molecule has 2 aromatic rings. The Labute approximate surface area is 163 Å². The van der Waals surface area contributed by atoms with E-state index in [1.807, 2.05) is 17.9 Å². The molecule has 5 rings (SSSR count). The topological polar surface area (TPSA) is 54.3 Å². The second-order valence-corrected chi connectivity index (χ2v) is 9.53. The van der Waals surface area contributed by atoms with Gasteiger partial charge in [-0.05, 0) is 50.1 Å². The van der Waals surface area contributed by atoms with Crippen LogP contribution in [0.25, 0.3) is 10.2 Å². The number of nitrogens with zero attached hydrogens (tertiary/aromatic N) is 2. The van der Waals surface area contributed by atoms with E-state index >= 15 is 0 Å². The van der Waals surface area contributed by atoms with Crippen LogP contribution in [-0.2, 0) is 11.3 Å². The molecule has 3 heterocycles. The van der Waals surface area contributed by atoms with Gasteiger partial charge in [-0.1, -0.05) is 25.7 Å². The van der Waals surface area contributed by atoms with Gasteiger partial charge in [-0.15, -0.1) is 11.3 Å². The van der Waals surface area contributed by atoms with Crippen LogP contribution >= 0.6 is 11.3 Å². The maximum atomic E-state index is 13.6. The molecule has 1 atom stereocenters. The van der Waals surface area contributed by atoms with Crippen molar-refractivity contribution in [2.45, 2.75) is 82.5 Å². The number of carbonyl (C=O) groups is 2. The van der Waals surface area contributed by atoms with Crippen LogP contribution in [-0.4, -0.2) is 38.9 Å². The van der Waals surface area contributed by atoms with Crippen LogP contribution in [0.15, 0.2) is 17.5 Å². The minimum Gasteiger partial charge on any atom is -0.351 e. The molecule has 2 aromatic heterocycles. The van der Waals surface area contributed by atoms with E-state index in [2.05, 4.69) is 21.3 Å². The Bertz CT molecular complexity index is 889. The summed E-state index contributed by atoms with van der Waals surface area (Å²) in [5.74, 6) is 0.0549. The van der Waals surface area contributed by atoms with Crippen molar-refractivity contribution in [2.75, 3.05) is 0 Å². The van der Waals surface area contributed by atoms with E-state index in [-0.39, 0.29) is 23.9 Å². The van der Waals surface area contributed by atoms with Crippen molar-refractivity contribution in [3.63, 3.8) is 0 Å². The number of amides is 2. The molecule has 2 amide bonds. The zero-order valence-corrected chi connectivity index (χ0v) is 16.7. The third-order valence-electron chi connectivity index (χ3n) is 6.81. The van der Waals surface area contributed by atoms with Gasteiger partial charge in [-0.25, -0.2) is 0 Å². The van der Waals surface area contributed by atoms with E-state index in [1.165, 1.54) is 12.8 Å². The van der Waals surface area contributed by atoms with Crippen LogP contribution < -0.4 is 5.32 Å². The minimum absolute atomic E-state index is 0.0266. The number of rotatable bonds is 3. The summed E-state index contributed by atoms with van der Waals surface area (Å²) in [5, 5.41) is 6.45. The highest BCUT2D eigenvalue weighted by atomic mass is 32.1. The monoisotopic (exact) mass is 385 g/mol. The fourth-order valence-electron chi connectivity index (χ4n) is 5.36. The zero-order valence-electron chi connectivity index (χ0n) is 15.9. The summed E-state index contributed by atoms with van der Waals surface area (Å²) in [7, 11) is 0. The van der Waals surface area contributed by atoms with Crippen molar-refractivity contribution in [1.29, 1.82) is 0 Å². The van der Waals surface area contributed by atoms with Gasteiger partial charge in [0.05, 0.1) is 6.54 Å². The lowest BCUT2D eigenvalue weighted by molar-refractivity contribution is -0.134. The number of thiophene rings is 1. The molecule has 6 heteroatoms. The first-order chi connectivity index (χ1) is 13.1. The van der Waals surface area contributed by atoms with Crippen LogP contribution in [0.1, 0.15) is 68.8 Å². The predicted molar refractivity (Wildman–Crippen MR) is 107 cm³/mol. The number of fused-ring (bicyclic) bond motifs is 3. The van der Waals surface area contributed by atoms with Crippen molar-refractivity contribution >= 4 is 33.4 Å². The molecule has 0 aromatic carbocycles. The Morgan fingerprint density at radius 1 is 1.19 bits per heavy atom. The molecular formula is C21H27N3O2S. The molecule has 0 spiro atoms. The summed E-state index contributed by atoms with van der Waals surface area (Å²) in [6.07, 6.45) is 8.79. The molecule has 3 aliphatic rings. The molecule has 27 heavy (non-hydrogen) atoms. The summed E-state index contributed by atoms with van der Waals surface area (Å²) in [4.78, 5) is 30.1. The van der Waals surface area contributed by atoms with Crippen LogP contribution in [0, 0.1) is 0 Å². The Hall–Kier alpha value is -1.82. The average Bonchev–Trinajstić information content (AvgIpc) is 3.41. The molecule has 1 aliphatic heterocycles. The van der Waals surface area contributed by atoms with Gasteiger partial charge in [0.25, 0.3) is 5.91 Å². The number of nitrogens with one attached hydrogen (secondary N) is 1. The molecule has 0 bridgehead atoms. The number of hydrogen-bond acceptors (Lipinski definition) is 3. The highest BCUT2D eigenvalue weighted by Gasteiger charge is 2.51. The number of aromatic nitrogens is 1. The third kappa shape index (κ3) is 2.64. The Kier molecular flexibility index (Phi) is 4.08. The van der Waals surface area contributed by atoms with Crippen LogP contribution in [0.3, 0.4) is 0 Å². The van der Waals surface area contributed by atoms with E-state index < -0.39 is 5.54 Å². The van der Waals surface area contributed by atoms with E-state index in [0.717, 1.165) is 54.4 Å². The lowest BCUT2D eigenvalue weighted by Crippen LogP contribution is -2.66. The highest BCUT2D eigenvalue weighted by Crippen LogP contribution is 2.39. The summed E-state index contributed by atoms with van der Waals surface area (Å²) in [6.45, 7) is 2.53. The lowest BCUT2D eigenvalue weighted by atomic mass is 9.91. The molecule has 1 N–H and O–H groups in total. The second kappa shape index (κ2) is 6.36. The van der Waals surface area contributed by atoms with Gasteiger partial charge < -0.3 is 14.8 Å². The summed E-state index contributed by atoms with van der Waals surface area (Å²) in [5.41, 5.74) is -0.0765. The average molecular weight is 386 g/mol. The van der Waals surface area contributed by atoms with Gasteiger partial charge in [0, 0.05) is 17.5 Å². The Morgan fingerprint density at radius 3 is 2.63 bits per heavy atom. The first-order valence-electron chi connectivity index (χ1n) is 10.3. The summed E-state index contributed by atoms with van der Waals surface area (Å²) >= 11 is 1.65. The maximum absolute atomic E-state index is 13.6. The Morgan fingerprint density at radius 2 is 1.89 bits per heavy atom. The van der Waals surface area contributed by atoms with Gasteiger partial charge in [0.1, 0.15) is 16.1 Å². The molecule has 0 radical (unpaired) electrons. The van der Waals surface area contributed by atoms with Gasteiger partial charge in [0.2, 0.25) is 5.91 Å². The molecule has 5 nitrogen and oxygen atoms in total. The van der Waals surface area contributed by atoms with Crippen LogP contribution in [0.4, 0.5) is 0 Å². The van der Waals surface area contributed by atoms with Crippen LogP contribution in [0.2, 0.25) is 0 Å². The van der Waals surface area contributed by atoms with Gasteiger partial charge in [0.15, 0.2) is 0 Å². The molecular weight excluding hydrogens is 358 g/mol. The second-order valence-electron chi connectivity index (χ2n) is 8.64. The van der Waals surface area contributed by atoms with E-state index in [9.17, 15) is 9.59 Å². The number of carbonyl (C=O) groups excluding carboxylic acids is 2. The van der Waals surface area contributed by atoms with Gasteiger partial charge in [-0.2, -0.15) is 0 Å². The normalized spacial score (nSPS) is 26.9. The lowest BCUT2D eigenvalue weighted by Gasteiger charge is -2.47. The predicted octanol–water partition coefficient (Wildman–Crippen LogP) is 3.92. The van der Waals surface area contributed by atoms with E-state index in [0.29, 0.717) is 6.54 Å². The van der Waals surface area contributed by atoms with Crippen molar-refractivity contribution in [2.24, 2.45) is 0 Å². The summed E-state index contributed by atoms with van der Waals surface area (Å²) < 4.78 is 2.09. The molecule has 0 saturated heterocycles. The summed E-state index contributed by atoms with van der Waals surface area (Å²) in [6, 6.07) is 4.51. The van der Waals surface area contributed by atoms with Crippen molar-refractivity contribution < 1.29 is 9.59 Å². The minimum atomic E-state index is -0.822. The van der Waals surface area contributed by atoms with Crippen molar-refractivity contribution in [3.05, 3.63) is 23.2 Å². The smallest absolute Gasteiger partial charge is 0.271 e. The van der Waals surface area contributed by atoms with Crippen molar-refractivity contribution in [1.82, 2.24) is 14.8 Å². The molecule has 1 unspecified atom stereocenters. The first kappa shape index (κ1) is 17.3. The fraction of sp³-hybridized carbons (Fsp3) is 0.619. The quantitative estimate of drug-likeness (QED) is 0.871. The van der Waals surface area contributed by atoms with Crippen LogP contribution in [0.5, 0.6) is 0 Å². The zero-order chi connectivity index (χ0) is 18.6. The SMILES string of the molecule is CC1(C(=O)NC2CCCC2)Cn2c(cc3ccsc32)C(=O)N1C1CCCC1. The molecule has 2 fully saturated rings. The van der Waals surface area contributed by atoms with Gasteiger partial charge >= 0.3 is 0 Å². The third-order valence-corrected chi connectivity index (χ3v) is 7.76. The van der Waals surface area contributed by atoms with Crippen molar-refractivity contribution in [3.8, 4) is 0 Å². The molecule has 144 valence electrons. The van der Waals surface area contributed by atoms with E-state index in [1.54, 1.807) is 11.3 Å².